The Morgan fingerprint density at radius 3 is 2.57 bits per heavy atom. The van der Waals surface area contributed by atoms with E-state index in [1.807, 2.05) is 46.1 Å². The van der Waals surface area contributed by atoms with Crippen LogP contribution in [0.4, 0.5) is 0 Å². The highest BCUT2D eigenvalue weighted by atomic mass is 35.5. The molecule has 5 heteroatoms. The molecule has 4 nitrogen and oxygen atoms in total. The Morgan fingerprint density at radius 2 is 1.83 bits per heavy atom. The third kappa shape index (κ3) is 2.45. The molecule has 1 aromatic carbocycles. The number of benzene rings is 1. The molecular formula is C18H20ClN3O. The van der Waals surface area contributed by atoms with Gasteiger partial charge in [-0.3, -0.25) is 9.48 Å². The Morgan fingerprint density at radius 1 is 1.09 bits per heavy atom. The van der Waals surface area contributed by atoms with Crippen LogP contribution in [0, 0.1) is 0 Å². The van der Waals surface area contributed by atoms with Crippen molar-refractivity contribution >= 4 is 17.5 Å². The zero-order valence-electron chi connectivity index (χ0n) is 13.0. The summed E-state index contributed by atoms with van der Waals surface area (Å²) in [5, 5.41) is 5.02. The van der Waals surface area contributed by atoms with Crippen molar-refractivity contribution in [1.29, 1.82) is 0 Å². The molecule has 0 saturated heterocycles. The standard InChI is InChI=1S/C18H20ClN3O/c19-15-5-3-14(4-6-15)18(8-1-2-9-18)17(23)21-11-12-22-16(13-21)7-10-20-22/h3-7,10H,1-2,8-9,11-13H2. The van der Waals surface area contributed by atoms with Crippen molar-refractivity contribution in [1.82, 2.24) is 14.7 Å². The average Bonchev–Trinajstić information content (AvgIpc) is 3.24. The molecule has 0 bridgehead atoms. The minimum atomic E-state index is -0.368. The molecule has 23 heavy (non-hydrogen) atoms. The normalized spacial score (nSPS) is 19.6. The van der Waals surface area contributed by atoms with Gasteiger partial charge in [0.25, 0.3) is 0 Å². The predicted octanol–water partition coefficient (Wildman–Crippen LogP) is 3.39. The maximum atomic E-state index is 13.4. The molecule has 1 amide bonds. The third-order valence-corrected chi connectivity index (χ3v) is 5.54. The number of nitrogens with zero attached hydrogens (tertiary/aromatic N) is 3. The molecule has 0 N–H and O–H groups in total. The Bertz CT molecular complexity index is 716. The summed E-state index contributed by atoms with van der Waals surface area (Å²) < 4.78 is 1.99. The van der Waals surface area contributed by atoms with Crippen LogP contribution in [0.1, 0.15) is 36.9 Å². The number of fused-ring (bicyclic) bond motifs is 1. The maximum Gasteiger partial charge on any atom is 0.233 e. The van der Waals surface area contributed by atoms with Crippen LogP contribution in [0.5, 0.6) is 0 Å². The van der Waals surface area contributed by atoms with Crippen LogP contribution in [-0.4, -0.2) is 27.1 Å². The van der Waals surface area contributed by atoms with Gasteiger partial charge in [0.1, 0.15) is 0 Å². The lowest BCUT2D eigenvalue weighted by atomic mass is 9.77. The van der Waals surface area contributed by atoms with E-state index in [0.717, 1.165) is 55.1 Å². The van der Waals surface area contributed by atoms with Crippen LogP contribution in [0.2, 0.25) is 5.02 Å². The Kier molecular flexibility index (Phi) is 3.64. The minimum absolute atomic E-state index is 0.268. The zero-order valence-corrected chi connectivity index (χ0v) is 13.8. The number of rotatable bonds is 2. The largest absolute Gasteiger partial charge is 0.334 e. The summed E-state index contributed by atoms with van der Waals surface area (Å²) in [6.45, 7) is 2.18. The van der Waals surface area contributed by atoms with E-state index in [0.29, 0.717) is 6.54 Å². The van der Waals surface area contributed by atoms with Gasteiger partial charge in [0, 0.05) is 17.8 Å². The second-order valence-corrected chi connectivity index (χ2v) is 7.00. The van der Waals surface area contributed by atoms with E-state index in [1.165, 1.54) is 0 Å². The van der Waals surface area contributed by atoms with E-state index in [2.05, 4.69) is 5.10 Å². The fourth-order valence-corrected chi connectivity index (χ4v) is 4.16. The summed E-state index contributed by atoms with van der Waals surface area (Å²) in [6, 6.07) is 9.85. The number of hydrogen-bond donors (Lipinski definition) is 0. The molecular weight excluding hydrogens is 310 g/mol. The molecule has 120 valence electrons. The third-order valence-electron chi connectivity index (χ3n) is 5.29. The summed E-state index contributed by atoms with van der Waals surface area (Å²) in [7, 11) is 0. The lowest BCUT2D eigenvalue weighted by molar-refractivity contribution is -0.139. The molecule has 1 aliphatic heterocycles. The van der Waals surface area contributed by atoms with Crippen LogP contribution in [-0.2, 0) is 23.3 Å². The SMILES string of the molecule is O=C(N1CCn2nccc2C1)C1(c2ccc(Cl)cc2)CCCC1. The van der Waals surface area contributed by atoms with Gasteiger partial charge in [0.2, 0.25) is 5.91 Å². The molecule has 2 aromatic rings. The zero-order chi connectivity index (χ0) is 15.9. The van der Waals surface area contributed by atoms with Gasteiger partial charge < -0.3 is 4.90 Å². The molecule has 1 aliphatic carbocycles. The molecule has 1 fully saturated rings. The maximum absolute atomic E-state index is 13.4. The van der Waals surface area contributed by atoms with Gasteiger partial charge in [-0.05, 0) is 36.6 Å². The van der Waals surface area contributed by atoms with Gasteiger partial charge in [0.15, 0.2) is 0 Å². The number of carbonyl (C=O) groups excluding carboxylic acids is 1. The summed E-state index contributed by atoms with van der Waals surface area (Å²) in [6.07, 6.45) is 5.90. The van der Waals surface area contributed by atoms with Crippen molar-refractivity contribution in [2.45, 2.75) is 44.2 Å². The van der Waals surface area contributed by atoms with E-state index < -0.39 is 0 Å². The van der Waals surface area contributed by atoms with Crippen molar-refractivity contribution in [2.75, 3.05) is 6.54 Å². The van der Waals surface area contributed by atoms with Gasteiger partial charge in [-0.25, -0.2) is 0 Å². The first-order chi connectivity index (χ1) is 11.2. The summed E-state index contributed by atoms with van der Waals surface area (Å²) in [4.78, 5) is 15.4. The lowest BCUT2D eigenvalue weighted by Gasteiger charge is -2.37. The number of carbonyl (C=O) groups is 1. The molecule has 1 saturated carbocycles. The second kappa shape index (κ2) is 5.68. The first-order valence-electron chi connectivity index (χ1n) is 8.25. The van der Waals surface area contributed by atoms with Gasteiger partial charge in [0.05, 0.1) is 24.2 Å². The molecule has 4 rings (SSSR count). The average molecular weight is 330 g/mol. The van der Waals surface area contributed by atoms with Gasteiger partial charge >= 0.3 is 0 Å². The van der Waals surface area contributed by atoms with Gasteiger partial charge in [-0.2, -0.15) is 5.10 Å². The highest BCUT2D eigenvalue weighted by molar-refractivity contribution is 6.30. The summed E-state index contributed by atoms with van der Waals surface area (Å²) >= 11 is 6.03. The minimum Gasteiger partial charge on any atom is -0.334 e. The summed E-state index contributed by atoms with van der Waals surface area (Å²) in [5.41, 5.74) is 1.87. The monoisotopic (exact) mass is 329 g/mol. The molecule has 2 aliphatic rings. The van der Waals surface area contributed by atoms with Crippen molar-refractivity contribution in [3.63, 3.8) is 0 Å². The van der Waals surface area contributed by atoms with E-state index in [1.54, 1.807) is 0 Å². The molecule has 0 unspecified atom stereocenters. The molecule has 2 heterocycles. The topological polar surface area (TPSA) is 38.1 Å². The number of hydrogen-bond acceptors (Lipinski definition) is 2. The van der Waals surface area contributed by atoms with Crippen LogP contribution in [0.3, 0.4) is 0 Å². The molecule has 0 radical (unpaired) electrons. The first kappa shape index (κ1) is 14.8. The molecule has 0 atom stereocenters. The summed E-state index contributed by atoms with van der Waals surface area (Å²) in [5.74, 6) is 0.268. The fraction of sp³-hybridized carbons (Fsp3) is 0.444. The van der Waals surface area contributed by atoms with Crippen molar-refractivity contribution in [2.24, 2.45) is 0 Å². The second-order valence-electron chi connectivity index (χ2n) is 6.57. The quantitative estimate of drug-likeness (QED) is 0.847. The van der Waals surface area contributed by atoms with Crippen molar-refractivity contribution in [3.8, 4) is 0 Å². The predicted molar refractivity (Wildman–Crippen MR) is 89.2 cm³/mol. The van der Waals surface area contributed by atoms with E-state index in [4.69, 9.17) is 11.6 Å². The van der Waals surface area contributed by atoms with E-state index in [9.17, 15) is 4.79 Å². The molecule has 1 aromatic heterocycles. The number of amides is 1. The van der Waals surface area contributed by atoms with E-state index in [-0.39, 0.29) is 11.3 Å². The molecule has 0 spiro atoms. The van der Waals surface area contributed by atoms with Gasteiger partial charge in [-0.1, -0.05) is 36.6 Å². The van der Waals surface area contributed by atoms with Crippen LogP contribution < -0.4 is 0 Å². The number of halogens is 1. The fourth-order valence-electron chi connectivity index (χ4n) is 4.04. The highest BCUT2D eigenvalue weighted by Crippen LogP contribution is 2.43. The van der Waals surface area contributed by atoms with Gasteiger partial charge in [-0.15, -0.1) is 0 Å². The van der Waals surface area contributed by atoms with Crippen LogP contribution >= 0.6 is 11.6 Å². The lowest BCUT2D eigenvalue weighted by Crippen LogP contribution is -2.48. The first-order valence-corrected chi connectivity index (χ1v) is 8.63. The Balaban J connectivity index is 1.65. The van der Waals surface area contributed by atoms with Crippen LogP contribution in [0.25, 0.3) is 0 Å². The van der Waals surface area contributed by atoms with Crippen molar-refractivity contribution < 1.29 is 4.79 Å². The number of aromatic nitrogens is 2. The Labute approximate surface area is 141 Å². The van der Waals surface area contributed by atoms with Crippen molar-refractivity contribution in [3.05, 3.63) is 52.8 Å². The smallest absolute Gasteiger partial charge is 0.233 e. The highest BCUT2D eigenvalue weighted by Gasteiger charge is 2.45. The van der Waals surface area contributed by atoms with E-state index >= 15 is 0 Å². The van der Waals surface area contributed by atoms with Crippen LogP contribution in [0.15, 0.2) is 36.5 Å². The Hall–Kier alpha value is -1.81.